The number of aromatic amines is 1. The van der Waals surface area contributed by atoms with E-state index in [4.69, 9.17) is 9.31 Å². The third-order valence-corrected chi connectivity index (χ3v) is 5.37. The molecule has 27 heavy (non-hydrogen) atoms. The average Bonchev–Trinajstić information content (AvgIpc) is 2.71. The van der Waals surface area contributed by atoms with Crippen molar-refractivity contribution in [3.8, 4) is 0 Å². The first-order chi connectivity index (χ1) is 12.2. The van der Waals surface area contributed by atoms with E-state index in [1.165, 1.54) is 6.92 Å². The molecule has 6 nitrogen and oxygen atoms in total. The molecule has 0 atom stereocenters. The molecule has 148 valence electrons. The van der Waals surface area contributed by atoms with Crippen LogP contribution in [0.15, 0.2) is 16.6 Å². The molecule has 0 amide bonds. The Balaban J connectivity index is 2.54. The van der Waals surface area contributed by atoms with E-state index in [1.54, 1.807) is 27.7 Å². The number of alkyl halides is 3. The molecule has 0 radical (unpaired) electrons. The van der Waals surface area contributed by atoms with Crippen LogP contribution in [0.25, 0.3) is 6.08 Å². The van der Waals surface area contributed by atoms with Crippen molar-refractivity contribution in [1.29, 1.82) is 0 Å². The Labute approximate surface area is 159 Å². The van der Waals surface area contributed by atoms with Gasteiger partial charge in [0.15, 0.2) is 10.8 Å². The van der Waals surface area contributed by atoms with Crippen LogP contribution in [0.5, 0.6) is 0 Å². The normalized spacial score (nSPS) is 19.4. The Kier molecular flexibility index (Phi) is 5.98. The molecule has 0 aliphatic carbocycles. The molecule has 1 aliphatic heterocycles. The molecule has 2 rings (SSSR count). The summed E-state index contributed by atoms with van der Waals surface area (Å²) in [4.78, 5) is 28.8. The molecule has 1 aromatic rings. The Morgan fingerprint density at radius 2 is 1.85 bits per heavy atom. The highest BCUT2D eigenvalue weighted by Gasteiger charge is 2.52. The number of aromatic nitrogens is 2. The van der Waals surface area contributed by atoms with Crippen LogP contribution in [-0.4, -0.2) is 39.2 Å². The van der Waals surface area contributed by atoms with E-state index in [-0.39, 0.29) is 16.3 Å². The van der Waals surface area contributed by atoms with Gasteiger partial charge in [-0.2, -0.15) is 13.2 Å². The molecule has 11 heteroatoms. The zero-order chi connectivity index (χ0) is 20.6. The minimum Gasteiger partial charge on any atom is -0.400 e. The molecule has 0 bridgehead atoms. The fourth-order valence-corrected chi connectivity index (χ4v) is 2.90. The molecule has 0 saturated carbocycles. The molecule has 2 heterocycles. The third kappa shape index (κ3) is 4.83. The van der Waals surface area contributed by atoms with Crippen molar-refractivity contribution in [1.82, 2.24) is 9.97 Å². The lowest BCUT2D eigenvalue weighted by molar-refractivity contribution is -0.141. The second-order valence-corrected chi connectivity index (χ2v) is 8.23. The van der Waals surface area contributed by atoms with Gasteiger partial charge in [-0.15, -0.1) is 0 Å². The zero-order valence-electron chi connectivity index (χ0n) is 15.6. The fourth-order valence-electron chi connectivity index (χ4n) is 2.31. The van der Waals surface area contributed by atoms with Gasteiger partial charge >= 0.3 is 13.3 Å². The lowest BCUT2D eigenvalue weighted by Crippen LogP contribution is -2.41. The van der Waals surface area contributed by atoms with Crippen molar-refractivity contribution in [3.05, 3.63) is 33.4 Å². The molecule has 0 spiro atoms. The van der Waals surface area contributed by atoms with Crippen molar-refractivity contribution >= 4 is 30.1 Å². The summed E-state index contributed by atoms with van der Waals surface area (Å²) in [6, 6.07) is 0. The van der Waals surface area contributed by atoms with Gasteiger partial charge in [-0.3, -0.25) is 9.59 Å². The minimum atomic E-state index is -4.81. The van der Waals surface area contributed by atoms with E-state index in [2.05, 4.69) is 9.97 Å². The lowest BCUT2D eigenvalue weighted by atomic mass is 9.78. The second kappa shape index (κ2) is 7.44. The smallest absolute Gasteiger partial charge is 0.400 e. The number of nitrogens with zero attached hydrogens (tertiary/aromatic N) is 1. The maximum Gasteiger partial charge on any atom is 0.491 e. The minimum absolute atomic E-state index is 0.0117. The Morgan fingerprint density at radius 3 is 2.33 bits per heavy atom. The second-order valence-electron chi connectivity index (χ2n) is 7.08. The Morgan fingerprint density at radius 1 is 1.30 bits per heavy atom. The van der Waals surface area contributed by atoms with E-state index < -0.39 is 41.3 Å². The van der Waals surface area contributed by atoms with E-state index in [9.17, 15) is 22.8 Å². The number of H-pyrrole nitrogens is 1. The molecule has 1 fully saturated rings. The monoisotopic (exact) mass is 404 g/mol. The van der Waals surface area contributed by atoms with Crippen LogP contribution in [-0.2, 0) is 20.3 Å². The first kappa shape index (κ1) is 21.7. The Bertz CT molecular complexity index is 805. The number of halogens is 3. The number of carbonyl (C=O) groups is 1. The standard InChI is InChI=1S/C16H20BF3N2O4S/c1-9(23)27-7-10(17-25-14(2,3)15(4,5)26-17)6-11-12(16(18,19)20)21-8-22-13(11)24/h6,8H,7H2,1-5H3,(H,21,22,24). The van der Waals surface area contributed by atoms with Crippen LogP contribution in [0.2, 0.25) is 0 Å². The van der Waals surface area contributed by atoms with Gasteiger partial charge in [0, 0.05) is 12.7 Å². The van der Waals surface area contributed by atoms with Gasteiger partial charge < -0.3 is 14.3 Å². The summed E-state index contributed by atoms with van der Waals surface area (Å²) >= 11 is 0.884. The van der Waals surface area contributed by atoms with Crippen LogP contribution < -0.4 is 5.56 Å². The first-order valence-electron chi connectivity index (χ1n) is 8.09. The van der Waals surface area contributed by atoms with Gasteiger partial charge in [0.05, 0.1) is 23.1 Å². The highest BCUT2D eigenvalue weighted by molar-refractivity contribution is 8.13. The van der Waals surface area contributed by atoms with E-state index in [0.29, 0.717) is 6.33 Å². The van der Waals surface area contributed by atoms with Gasteiger partial charge in [-0.25, -0.2) is 4.98 Å². The van der Waals surface area contributed by atoms with Crippen molar-refractivity contribution in [2.75, 3.05) is 5.75 Å². The van der Waals surface area contributed by atoms with Gasteiger partial charge in [-0.05, 0) is 33.2 Å². The maximum absolute atomic E-state index is 13.2. The van der Waals surface area contributed by atoms with Crippen molar-refractivity contribution < 1.29 is 27.3 Å². The maximum atomic E-state index is 13.2. The summed E-state index contributed by atoms with van der Waals surface area (Å²) in [6.07, 6.45) is -3.07. The molecular weight excluding hydrogens is 384 g/mol. The van der Waals surface area contributed by atoms with Gasteiger partial charge in [0.1, 0.15) is 0 Å². The fraction of sp³-hybridized carbons (Fsp3) is 0.562. The summed E-state index contributed by atoms with van der Waals surface area (Å²) in [7, 11) is -0.998. The highest BCUT2D eigenvalue weighted by Crippen LogP contribution is 2.39. The van der Waals surface area contributed by atoms with Crippen molar-refractivity contribution in [3.63, 3.8) is 0 Å². The van der Waals surface area contributed by atoms with Gasteiger partial charge in [0.25, 0.3) is 5.56 Å². The number of hydrogen-bond donors (Lipinski definition) is 1. The lowest BCUT2D eigenvalue weighted by Gasteiger charge is -2.32. The molecule has 1 aliphatic rings. The quantitative estimate of drug-likeness (QED) is 0.777. The molecule has 1 N–H and O–H groups in total. The predicted octanol–water partition coefficient (Wildman–Crippen LogP) is 3.08. The zero-order valence-corrected chi connectivity index (χ0v) is 16.4. The van der Waals surface area contributed by atoms with Crippen LogP contribution >= 0.6 is 11.8 Å². The number of rotatable bonds is 4. The molecular formula is C16H20BF3N2O4S. The van der Waals surface area contributed by atoms with Crippen LogP contribution in [0.4, 0.5) is 13.2 Å². The van der Waals surface area contributed by atoms with Crippen molar-refractivity contribution in [2.24, 2.45) is 0 Å². The van der Waals surface area contributed by atoms with Crippen LogP contribution in [0.1, 0.15) is 45.9 Å². The summed E-state index contributed by atoms with van der Waals surface area (Å²) in [5.74, 6) is 0.0117. The Hall–Kier alpha value is -1.59. The number of thioether (sulfide) groups is 1. The van der Waals surface area contributed by atoms with Crippen molar-refractivity contribution in [2.45, 2.75) is 52.0 Å². The molecule has 1 aromatic heterocycles. The summed E-state index contributed by atoms with van der Waals surface area (Å²) in [5.41, 5.74) is -4.14. The summed E-state index contributed by atoms with van der Waals surface area (Å²) in [6.45, 7) is 8.51. The third-order valence-electron chi connectivity index (χ3n) is 4.49. The SMILES string of the molecule is CC(=O)SCC(=Cc1c(C(F)(F)F)nc[nH]c1=O)B1OC(C)(C)C(C)(C)O1. The highest BCUT2D eigenvalue weighted by atomic mass is 32.2. The predicted molar refractivity (Wildman–Crippen MR) is 97.1 cm³/mol. The molecule has 0 aromatic carbocycles. The van der Waals surface area contributed by atoms with E-state index in [0.717, 1.165) is 17.8 Å². The molecule has 0 unspecified atom stereocenters. The summed E-state index contributed by atoms with van der Waals surface area (Å²) < 4.78 is 51.5. The number of nitrogens with one attached hydrogen (secondary N) is 1. The molecule has 1 saturated heterocycles. The number of hydrogen-bond acceptors (Lipinski definition) is 6. The van der Waals surface area contributed by atoms with Gasteiger partial charge in [0.2, 0.25) is 0 Å². The largest absolute Gasteiger partial charge is 0.491 e. The van der Waals surface area contributed by atoms with Crippen LogP contribution in [0, 0.1) is 0 Å². The average molecular weight is 404 g/mol. The first-order valence-corrected chi connectivity index (χ1v) is 9.07. The van der Waals surface area contributed by atoms with Crippen LogP contribution in [0.3, 0.4) is 0 Å². The topological polar surface area (TPSA) is 81.3 Å². The van der Waals surface area contributed by atoms with E-state index in [1.807, 2.05) is 0 Å². The number of carbonyl (C=O) groups excluding carboxylic acids is 1. The van der Waals surface area contributed by atoms with E-state index >= 15 is 0 Å². The van der Waals surface area contributed by atoms with Gasteiger partial charge in [-0.1, -0.05) is 17.8 Å². The summed E-state index contributed by atoms with van der Waals surface area (Å²) in [5, 5.41) is -0.228.